The van der Waals surface area contributed by atoms with E-state index >= 15 is 0 Å². The summed E-state index contributed by atoms with van der Waals surface area (Å²) in [4.78, 5) is 22.5. The van der Waals surface area contributed by atoms with E-state index in [2.05, 4.69) is 0 Å². The van der Waals surface area contributed by atoms with Crippen LogP contribution >= 0.6 is 0 Å². The van der Waals surface area contributed by atoms with Crippen LogP contribution in [0.15, 0.2) is 0 Å². The molecule has 0 heterocycles. The highest BCUT2D eigenvalue weighted by Crippen LogP contribution is 2.73. The van der Waals surface area contributed by atoms with Gasteiger partial charge < -0.3 is 5.11 Å². The Hall–Kier alpha value is -0.860. The lowest BCUT2D eigenvalue weighted by molar-refractivity contribution is -0.150. The summed E-state index contributed by atoms with van der Waals surface area (Å²) in [5.74, 6) is -0.314. The summed E-state index contributed by atoms with van der Waals surface area (Å²) in [5, 5.41) is 8.99. The van der Waals surface area contributed by atoms with Crippen LogP contribution in [0.1, 0.15) is 19.3 Å². The highest BCUT2D eigenvalue weighted by molar-refractivity contribution is 6.11. The van der Waals surface area contributed by atoms with Crippen LogP contribution in [0.3, 0.4) is 0 Å². The van der Waals surface area contributed by atoms with Gasteiger partial charge in [0.15, 0.2) is 5.78 Å². The fourth-order valence-electron chi connectivity index (χ4n) is 3.49. The van der Waals surface area contributed by atoms with E-state index < -0.39 is 11.4 Å². The molecule has 3 heteroatoms. The van der Waals surface area contributed by atoms with Gasteiger partial charge in [0, 0.05) is 5.92 Å². The number of carbonyl (C=O) groups is 2. The average molecular weight is 166 g/mol. The van der Waals surface area contributed by atoms with Crippen molar-refractivity contribution < 1.29 is 14.7 Å². The van der Waals surface area contributed by atoms with E-state index in [0.717, 1.165) is 19.3 Å². The second-order valence-electron chi connectivity index (χ2n) is 4.26. The number of carbonyl (C=O) groups excluding carboxylic acids is 1. The number of hydrogen-bond acceptors (Lipinski definition) is 2. The topological polar surface area (TPSA) is 54.4 Å². The van der Waals surface area contributed by atoms with Crippen molar-refractivity contribution in [2.24, 2.45) is 23.2 Å². The molecule has 4 unspecified atom stereocenters. The normalized spacial score (nSPS) is 54.0. The largest absolute Gasteiger partial charge is 0.480 e. The van der Waals surface area contributed by atoms with Crippen LogP contribution in [0.2, 0.25) is 0 Å². The van der Waals surface area contributed by atoms with Crippen molar-refractivity contribution in [3.63, 3.8) is 0 Å². The zero-order valence-corrected chi connectivity index (χ0v) is 6.62. The van der Waals surface area contributed by atoms with Gasteiger partial charge in [0.1, 0.15) is 5.41 Å². The Balaban J connectivity index is 2.10. The molecule has 12 heavy (non-hydrogen) atoms. The first-order valence-electron chi connectivity index (χ1n) is 4.46. The van der Waals surface area contributed by atoms with Gasteiger partial charge in [-0.3, -0.25) is 9.59 Å². The van der Waals surface area contributed by atoms with Crippen LogP contribution in [0, 0.1) is 23.2 Å². The molecule has 0 aromatic carbocycles. The van der Waals surface area contributed by atoms with Crippen molar-refractivity contribution >= 4 is 11.8 Å². The Bertz CT molecular complexity index is 290. The SMILES string of the molecule is O=C(O)C12C(=O)C3CCC1C2C3. The fourth-order valence-corrected chi connectivity index (χ4v) is 3.49. The molecule has 0 spiro atoms. The van der Waals surface area contributed by atoms with Gasteiger partial charge in [-0.1, -0.05) is 0 Å². The monoisotopic (exact) mass is 166 g/mol. The summed E-state index contributed by atoms with van der Waals surface area (Å²) in [5.41, 5.74) is -0.886. The second kappa shape index (κ2) is 1.58. The zero-order chi connectivity index (χ0) is 8.51. The lowest BCUT2D eigenvalue weighted by Crippen LogP contribution is -2.33. The molecule has 0 radical (unpaired) electrons. The summed E-state index contributed by atoms with van der Waals surface area (Å²) in [6.45, 7) is 0. The number of hydrogen-bond donors (Lipinski definition) is 1. The van der Waals surface area contributed by atoms with Gasteiger partial charge >= 0.3 is 5.97 Å². The molecule has 0 saturated heterocycles. The van der Waals surface area contributed by atoms with Crippen LogP contribution in [0.4, 0.5) is 0 Å². The molecule has 0 amide bonds. The summed E-state index contributed by atoms with van der Waals surface area (Å²) in [7, 11) is 0. The summed E-state index contributed by atoms with van der Waals surface area (Å²) in [6, 6.07) is 0. The number of ketones is 1. The lowest BCUT2D eigenvalue weighted by Gasteiger charge is -2.22. The van der Waals surface area contributed by atoms with E-state index in [0.29, 0.717) is 0 Å². The minimum absolute atomic E-state index is 0.0382. The third-order valence-corrected chi connectivity index (χ3v) is 4.04. The van der Waals surface area contributed by atoms with Crippen LogP contribution in [-0.4, -0.2) is 16.9 Å². The number of fused-ring (bicyclic) bond motifs is 1. The number of aliphatic carboxylic acids is 1. The van der Waals surface area contributed by atoms with E-state index in [1.54, 1.807) is 0 Å². The highest BCUT2D eigenvalue weighted by Gasteiger charge is 2.80. The van der Waals surface area contributed by atoms with E-state index in [4.69, 9.17) is 5.11 Å². The molecular weight excluding hydrogens is 156 g/mol. The third-order valence-electron chi connectivity index (χ3n) is 4.04. The predicted octanol–water partition coefficient (Wildman–Crippen LogP) is 0.686. The molecule has 0 aromatic rings. The molecule has 4 aliphatic rings. The van der Waals surface area contributed by atoms with E-state index in [9.17, 15) is 9.59 Å². The van der Waals surface area contributed by atoms with Crippen LogP contribution in [0.5, 0.6) is 0 Å². The van der Waals surface area contributed by atoms with Gasteiger partial charge in [0.05, 0.1) is 0 Å². The average Bonchev–Trinajstić information content (AvgIpc) is 2.65. The van der Waals surface area contributed by atoms with Crippen molar-refractivity contribution in [1.82, 2.24) is 0 Å². The highest BCUT2D eigenvalue weighted by atomic mass is 16.4. The molecule has 3 nitrogen and oxygen atoms in total. The summed E-state index contributed by atoms with van der Waals surface area (Å²) >= 11 is 0. The maximum atomic E-state index is 11.6. The Morgan fingerprint density at radius 3 is 2.50 bits per heavy atom. The molecule has 0 aromatic heterocycles. The third kappa shape index (κ3) is 0.416. The van der Waals surface area contributed by atoms with Crippen LogP contribution in [-0.2, 0) is 9.59 Å². The first kappa shape index (κ1) is 6.63. The van der Waals surface area contributed by atoms with Gasteiger partial charge in [-0.25, -0.2) is 0 Å². The molecule has 4 rings (SSSR count). The Morgan fingerprint density at radius 1 is 1.42 bits per heavy atom. The first-order valence-corrected chi connectivity index (χ1v) is 4.46. The molecule has 1 N–H and O–H groups in total. The maximum absolute atomic E-state index is 11.6. The number of Topliss-reactive ketones (excluding diaryl/α,β-unsaturated/α-hetero) is 1. The zero-order valence-electron chi connectivity index (χ0n) is 6.62. The smallest absolute Gasteiger partial charge is 0.317 e. The Labute approximate surface area is 69.8 Å². The van der Waals surface area contributed by atoms with Gasteiger partial charge in [0.25, 0.3) is 0 Å². The van der Waals surface area contributed by atoms with Gasteiger partial charge in [-0.05, 0) is 31.1 Å². The first-order chi connectivity index (χ1) is 5.69. The molecule has 4 atom stereocenters. The molecule has 64 valence electrons. The predicted molar refractivity (Wildman–Crippen MR) is 39.4 cm³/mol. The summed E-state index contributed by atoms with van der Waals surface area (Å²) < 4.78 is 0. The summed E-state index contributed by atoms with van der Waals surface area (Å²) in [6.07, 6.45) is 2.76. The molecule has 4 fully saturated rings. The van der Waals surface area contributed by atoms with Crippen molar-refractivity contribution in [1.29, 1.82) is 0 Å². The van der Waals surface area contributed by atoms with E-state index in [-0.39, 0.29) is 23.5 Å². The Kier molecular flexibility index (Phi) is 0.875. The van der Waals surface area contributed by atoms with Gasteiger partial charge in [-0.15, -0.1) is 0 Å². The lowest BCUT2D eigenvalue weighted by atomic mass is 9.80. The molecule has 4 aliphatic carbocycles. The van der Waals surface area contributed by atoms with Crippen molar-refractivity contribution in [2.75, 3.05) is 0 Å². The molecule has 4 bridgehead atoms. The van der Waals surface area contributed by atoms with Crippen LogP contribution < -0.4 is 0 Å². The minimum Gasteiger partial charge on any atom is -0.480 e. The molecular formula is C9H10O3. The van der Waals surface area contributed by atoms with Crippen molar-refractivity contribution in [3.8, 4) is 0 Å². The van der Waals surface area contributed by atoms with Gasteiger partial charge in [0.2, 0.25) is 0 Å². The van der Waals surface area contributed by atoms with Crippen molar-refractivity contribution in [3.05, 3.63) is 0 Å². The Morgan fingerprint density at radius 2 is 2.17 bits per heavy atom. The van der Waals surface area contributed by atoms with Gasteiger partial charge in [-0.2, -0.15) is 0 Å². The number of rotatable bonds is 1. The quantitative estimate of drug-likeness (QED) is 0.583. The number of carboxylic acid groups (broad SMARTS) is 1. The second-order valence-corrected chi connectivity index (χ2v) is 4.26. The molecule has 0 aliphatic heterocycles. The molecule has 4 saturated carbocycles. The van der Waals surface area contributed by atoms with E-state index in [1.165, 1.54) is 0 Å². The fraction of sp³-hybridized carbons (Fsp3) is 0.778. The number of carboxylic acids is 1. The minimum atomic E-state index is -0.886. The standard InChI is InChI=1S/C9H10O3/c10-7-4-1-2-5-6(3-4)9(5,7)8(11)12/h4-6H,1-3H2,(H,11,12). The van der Waals surface area contributed by atoms with E-state index in [1.807, 2.05) is 0 Å². The van der Waals surface area contributed by atoms with Crippen molar-refractivity contribution in [2.45, 2.75) is 19.3 Å². The maximum Gasteiger partial charge on any atom is 0.317 e. The van der Waals surface area contributed by atoms with Crippen LogP contribution in [0.25, 0.3) is 0 Å².